The van der Waals surface area contributed by atoms with E-state index in [2.05, 4.69) is 33.6 Å². The number of carboxylic acids is 1. The fraction of sp³-hybridized carbons (Fsp3) is 0.762. The molecule has 0 fully saturated rings. The van der Waals surface area contributed by atoms with E-state index < -0.39 is 47.9 Å². The van der Waals surface area contributed by atoms with Gasteiger partial charge in [0.2, 0.25) is 17.7 Å². The molecule has 0 heterocycles. The molecule has 14 heteroatoms. The summed E-state index contributed by atoms with van der Waals surface area (Å²) in [6.45, 7) is 4.44. The summed E-state index contributed by atoms with van der Waals surface area (Å²) in [6.07, 6.45) is 2.61. The number of hydrogen-bond donors (Lipinski definition) is 9. The summed E-state index contributed by atoms with van der Waals surface area (Å²) in [5, 5.41) is 16.9. The van der Waals surface area contributed by atoms with Gasteiger partial charge in [0.05, 0.1) is 6.04 Å². The predicted molar refractivity (Wildman–Crippen MR) is 138 cm³/mol. The number of thiol groups is 1. The van der Waals surface area contributed by atoms with Crippen molar-refractivity contribution in [3.05, 3.63) is 0 Å². The highest BCUT2D eigenvalue weighted by molar-refractivity contribution is 7.80. The number of hydrogen-bond acceptors (Lipinski definition) is 8. The van der Waals surface area contributed by atoms with E-state index in [9.17, 15) is 24.3 Å². The lowest BCUT2D eigenvalue weighted by molar-refractivity contribution is -0.141. The van der Waals surface area contributed by atoms with Gasteiger partial charge < -0.3 is 44.0 Å². The van der Waals surface area contributed by atoms with Gasteiger partial charge in [0.1, 0.15) is 18.1 Å². The molecule has 0 radical (unpaired) electrons. The number of nitrogens with two attached hydrogens (primary N) is 4. The van der Waals surface area contributed by atoms with Crippen LogP contribution >= 0.6 is 12.6 Å². The molecule has 0 aliphatic carbocycles. The number of carbonyl (C=O) groups is 4. The Hall–Kier alpha value is -2.58. The first-order valence-electron chi connectivity index (χ1n) is 11.7. The van der Waals surface area contributed by atoms with Gasteiger partial charge in [0.15, 0.2) is 5.96 Å². The molecular formula is C21H42N8O5S. The molecule has 3 amide bonds. The molecular weight excluding hydrogens is 476 g/mol. The maximum Gasteiger partial charge on any atom is 0.327 e. The average Bonchev–Trinajstić information content (AvgIpc) is 2.77. The zero-order chi connectivity index (χ0) is 27.0. The lowest BCUT2D eigenvalue weighted by Gasteiger charge is -2.26. The van der Waals surface area contributed by atoms with Gasteiger partial charge in [-0.05, 0) is 44.6 Å². The van der Waals surface area contributed by atoms with Gasteiger partial charge in [-0.15, -0.1) is 0 Å². The molecule has 0 aliphatic heterocycles. The Morgan fingerprint density at radius 2 is 1.46 bits per heavy atom. The minimum Gasteiger partial charge on any atom is -0.480 e. The molecule has 12 N–H and O–H groups in total. The number of aliphatic imine (C=N–C) groups is 1. The molecule has 0 bridgehead atoms. The standard InChI is InChI=1S/C21H42N8O5S/c1-12(2)10-15(19(32)29-16(11-35)20(33)34)28-18(31)14(7-5-9-26-21(24)25)27-17(30)13(23)6-3-4-8-22/h12-16,35H,3-11,22-23H2,1-2H3,(H,27,30)(H,28,31)(H,29,32)(H,33,34)(H4,24,25,26). The van der Waals surface area contributed by atoms with Gasteiger partial charge in [0, 0.05) is 12.3 Å². The average molecular weight is 519 g/mol. The number of unbranched alkanes of at least 4 members (excludes halogenated alkanes) is 1. The highest BCUT2D eigenvalue weighted by atomic mass is 32.1. The normalized spacial score (nSPS) is 14.3. The van der Waals surface area contributed by atoms with Gasteiger partial charge in [-0.25, -0.2) is 4.79 Å². The van der Waals surface area contributed by atoms with Crippen LogP contribution < -0.4 is 38.9 Å². The molecule has 202 valence electrons. The molecule has 0 aromatic carbocycles. The summed E-state index contributed by atoms with van der Waals surface area (Å²) in [5.74, 6) is -3.20. The van der Waals surface area contributed by atoms with Crippen molar-refractivity contribution >= 4 is 42.3 Å². The van der Waals surface area contributed by atoms with Gasteiger partial charge >= 0.3 is 5.97 Å². The van der Waals surface area contributed by atoms with E-state index in [1.807, 2.05) is 13.8 Å². The Morgan fingerprint density at radius 1 is 0.886 bits per heavy atom. The topological polar surface area (TPSA) is 241 Å². The van der Waals surface area contributed by atoms with Crippen molar-refractivity contribution in [2.24, 2.45) is 33.8 Å². The highest BCUT2D eigenvalue weighted by Gasteiger charge is 2.30. The van der Waals surface area contributed by atoms with E-state index in [0.717, 1.165) is 6.42 Å². The Bertz CT molecular complexity index is 718. The molecule has 0 aliphatic rings. The number of guanidine groups is 1. The fourth-order valence-corrected chi connectivity index (χ4v) is 3.37. The van der Waals surface area contributed by atoms with Crippen molar-refractivity contribution in [1.29, 1.82) is 0 Å². The van der Waals surface area contributed by atoms with Gasteiger partial charge in [-0.3, -0.25) is 19.4 Å². The minimum atomic E-state index is -1.24. The Kier molecular flexibility index (Phi) is 16.5. The first-order valence-corrected chi connectivity index (χ1v) is 12.3. The second-order valence-electron chi connectivity index (χ2n) is 8.67. The summed E-state index contributed by atoms with van der Waals surface area (Å²) < 4.78 is 0. The zero-order valence-corrected chi connectivity index (χ0v) is 21.4. The van der Waals surface area contributed by atoms with Crippen molar-refractivity contribution < 1.29 is 24.3 Å². The number of amides is 3. The molecule has 4 atom stereocenters. The smallest absolute Gasteiger partial charge is 0.327 e. The largest absolute Gasteiger partial charge is 0.480 e. The Balaban J connectivity index is 5.47. The molecule has 0 spiro atoms. The second-order valence-corrected chi connectivity index (χ2v) is 9.04. The number of nitrogens with zero attached hydrogens (tertiary/aromatic N) is 1. The van der Waals surface area contributed by atoms with Crippen LogP contribution in [0.4, 0.5) is 0 Å². The van der Waals surface area contributed by atoms with Crippen LogP contribution in [0.15, 0.2) is 4.99 Å². The lowest BCUT2D eigenvalue weighted by Crippen LogP contribution is -2.57. The molecule has 0 saturated heterocycles. The van der Waals surface area contributed by atoms with Crippen LogP contribution in [0.25, 0.3) is 0 Å². The van der Waals surface area contributed by atoms with Crippen molar-refractivity contribution in [3.63, 3.8) is 0 Å². The summed E-state index contributed by atoms with van der Waals surface area (Å²) in [7, 11) is 0. The van der Waals surface area contributed by atoms with Crippen molar-refractivity contribution in [2.45, 2.75) is 76.5 Å². The minimum absolute atomic E-state index is 0.0104. The third kappa shape index (κ3) is 14.4. The fourth-order valence-electron chi connectivity index (χ4n) is 3.12. The molecule has 13 nitrogen and oxygen atoms in total. The number of carbonyl (C=O) groups excluding carboxylic acids is 3. The van der Waals surface area contributed by atoms with Crippen molar-refractivity contribution in [2.75, 3.05) is 18.8 Å². The number of rotatable bonds is 18. The molecule has 0 aromatic heterocycles. The van der Waals surface area contributed by atoms with Gasteiger partial charge in [-0.1, -0.05) is 20.3 Å². The van der Waals surface area contributed by atoms with Gasteiger partial charge in [-0.2, -0.15) is 12.6 Å². The first kappa shape index (κ1) is 32.4. The van der Waals surface area contributed by atoms with E-state index >= 15 is 0 Å². The molecule has 35 heavy (non-hydrogen) atoms. The van der Waals surface area contributed by atoms with Gasteiger partial charge in [0.25, 0.3) is 0 Å². The van der Waals surface area contributed by atoms with Crippen LogP contribution in [0.5, 0.6) is 0 Å². The Labute approximate surface area is 212 Å². The van der Waals surface area contributed by atoms with Crippen molar-refractivity contribution in [3.8, 4) is 0 Å². The van der Waals surface area contributed by atoms with Crippen LogP contribution in [-0.4, -0.2) is 77.8 Å². The number of nitrogens with one attached hydrogen (secondary N) is 3. The zero-order valence-electron chi connectivity index (χ0n) is 20.5. The summed E-state index contributed by atoms with van der Waals surface area (Å²) in [5.41, 5.74) is 22.1. The summed E-state index contributed by atoms with van der Waals surface area (Å²) >= 11 is 3.94. The van der Waals surface area contributed by atoms with E-state index in [0.29, 0.717) is 25.8 Å². The van der Waals surface area contributed by atoms with E-state index in [-0.39, 0.29) is 37.0 Å². The van der Waals surface area contributed by atoms with Crippen LogP contribution in [0, 0.1) is 5.92 Å². The quantitative estimate of drug-likeness (QED) is 0.0421. The summed E-state index contributed by atoms with van der Waals surface area (Å²) in [4.78, 5) is 53.6. The Morgan fingerprint density at radius 3 is 1.97 bits per heavy atom. The van der Waals surface area contributed by atoms with E-state index in [1.54, 1.807) is 0 Å². The van der Waals surface area contributed by atoms with Crippen LogP contribution in [0.2, 0.25) is 0 Å². The molecule has 4 unspecified atom stereocenters. The second kappa shape index (κ2) is 17.8. The van der Waals surface area contributed by atoms with Crippen LogP contribution in [0.3, 0.4) is 0 Å². The van der Waals surface area contributed by atoms with Crippen molar-refractivity contribution in [1.82, 2.24) is 16.0 Å². The third-order valence-corrected chi connectivity index (χ3v) is 5.39. The third-order valence-electron chi connectivity index (χ3n) is 5.02. The van der Waals surface area contributed by atoms with E-state index in [4.69, 9.17) is 22.9 Å². The highest BCUT2D eigenvalue weighted by Crippen LogP contribution is 2.08. The summed E-state index contributed by atoms with van der Waals surface area (Å²) in [6, 6.07) is -4.05. The SMILES string of the molecule is CC(C)CC(NC(=O)C(CCCN=C(N)N)NC(=O)C(N)CCCCN)C(=O)NC(CS)C(=O)O. The van der Waals surface area contributed by atoms with Crippen LogP contribution in [0.1, 0.15) is 52.4 Å². The maximum atomic E-state index is 13.1. The maximum absolute atomic E-state index is 13.1. The molecule has 0 saturated carbocycles. The monoisotopic (exact) mass is 518 g/mol. The van der Waals surface area contributed by atoms with E-state index in [1.165, 1.54) is 0 Å². The molecule has 0 rings (SSSR count). The number of carboxylic acid groups (broad SMARTS) is 1. The number of aliphatic carboxylic acids is 1. The predicted octanol–water partition coefficient (Wildman–Crippen LogP) is -1.99. The molecule has 0 aromatic rings. The first-order chi connectivity index (χ1) is 16.4. The lowest BCUT2D eigenvalue weighted by atomic mass is 10.0. The van der Waals surface area contributed by atoms with Crippen LogP contribution in [-0.2, 0) is 19.2 Å².